The molecule has 26 heavy (non-hydrogen) atoms. The minimum absolute atomic E-state index is 0.00888. The second-order valence-electron chi connectivity index (χ2n) is 6.70. The first-order valence-corrected chi connectivity index (χ1v) is 9.05. The number of fused-ring (bicyclic) bond motifs is 1. The molecule has 1 atom stereocenters. The van der Waals surface area contributed by atoms with Crippen molar-refractivity contribution in [2.24, 2.45) is 5.92 Å². The molecule has 6 nitrogen and oxygen atoms in total. The van der Waals surface area contributed by atoms with Crippen molar-refractivity contribution >= 4 is 22.6 Å². The average Bonchev–Trinajstić information content (AvgIpc) is 2.65. The molecule has 2 heterocycles. The zero-order valence-electron chi connectivity index (χ0n) is 15.2. The van der Waals surface area contributed by atoms with E-state index < -0.39 is 0 Å². The molecule has 1 amide bonds. The molecule has 138 valence electrons. The Labute approximate surface area is 152 Å². The van der Waals surface area contributed by atoms with E-state index in [9.17, 15) is 14.4 Å². The number of hydrogen-bond donors (Lipinski definition) is 0. The van der Waals surface area contributed by atoms with Crippen LogP contribution in [-0.4, -0.2) is 41.0 Å². The fraction of sp³-hybridized carbons (Fsp3) is 0.450. The van der Waals surface area contributed by atoms with Gasteiger partial charge in [0.1, 0.15) is 6.54 Å². The van der Waals surface area contributed by atoms with Crippen LogP contribution in [0.3, 0.4) is 0 Å². The first-order chi connectivity index (χ1) is 12.5. The zero-order chi connectivity index (χ0) is 18.7. The molecule has 1 aliphatic heterocycles. The Balaban J connectivity index is 1.79. The molecule has 1 aromatic carbocycles. The highest BCUT2D eigenvalue weighted by Crippen LogP contribution is 2.19. The third-order valence-electron chi connectivity index (χ3n) is 4.91. The lowest BCUT2D eigenvalue weighted by Crippen LogP contribution is -2.45. The molecule has 0 saturated carbocycles. The fourth-order valence-corrected chi connectivity index (χ4v) is 3.51. The number of benzene rings is 1. The van der Waals surface area contributed by atoms with Crippen molar-refractivity contribution in [2.75, 3.05) is 19.7 Å². The van der Waals surface area contributed by atoms with E-state index in [0.29, 0.717) is 25.1 Å². The lowest BCUT2D eigenvalue weighted by atomic mass is 9.98. The summed E-state index contributed by atoms with van der Waals surface area (Å²) >= 11 is 0. The molecular weight excluding hydrogens is 332 g/mol. The zero-order valence-corrected chi connectivity index (χ0v) is 15.2. The van der Waals surface area contributed by atoms with Crippen LogP contribution in [-0.2, 0) is 20.9 Å². The lowest BCUT2D eigenvalue weighted by molar-refractivity contribution is -0.151. The molecule has 0 aliphatic carbocycles. The largest absolute Gasteiger partial charge is 0.466 e. The van der Waals surface area contributed by atoms with Crippen LogP contribution in [0.4, 0.5) is 0 Å². The second-order valence-corrected chi connectivity index (χ2v) is 6.70. The number of carbonyl (C=O) groups is 2. The number of nitrogens with zero attached hydrogens (tertiary/aromatic N) is 2. The molecule has 0 N–H and O–H groups in total. The summed E-state index contributed by atoms with van der Waals surface area (Å²) in [5.74, 6) is -0.661. The number of aromatic nitrogens is 1. The van der Waals surface area contributed by atoms with Gasteiger partial charge in [-0.2, -0.15) is 0 Å². The minimum atomic E-state index is -0.276. The highest BCUT2D eigenvalue weighted by atomic mass is 16.5. The predicted octanol–water partition coefficient (Wildman–Crippen LogP) is 2.11. The monoisotopic (exact) mass is 356 g/mol. The number of likely N-dealkylation sites (tertiary alicyclic amines) is 1. The molecule has 1 aromatic heterocycles. The molecular formula is C20H24N2O4. The van der Waals surface area contributed by atoms with E-state index in [0.717, 1.165) is 23.9 Å². The quantitative estimate of drug-likeness (QED) is 0.787. The van der Waals surface area contributed by atoms with Gasteiger partial charge in [-0.05, 0) is 44.2 Å². The van der Waals surface area contributed by atoms with E-state index in [-0.39, 0.29) is 29.9 Å². The third kappa shape index (κ3) is 3.64. The van der Waals surface area contributed by atoms with Crippen LogP contribution in [0.5, 0.6) is 0 Å². The first kappa shape index (κ1) is 18.2. The Morgan fingerprint density at radius 3 is 2.81 bits per heavy atom. The average molecular weight is 356 g/mol. The SMILES string of the molecule is CCOC(=O)C1CCCN(C(=O)Cn2c(C)cc3ccccc3c2=O)C1. The smallest absolute Gasteiger partial charge is 0.310 e. The van der Waals surface area contributed by atoms with E-state index in [2.05, 4.69) is 0 Å². The Bertz CT molecular complexity index is 887. The normalized spacial score (nSPS) is 17.3. The third-order valence-corrected chi connectivity index (χ3v) is 4.91. The molecule has 1 saturated heterocycles. The summed E-state index contributed by atoms with van der Waals surface area (Å²) in [6.45, 7) is 4.91. The van der Waals surface area contributed by atoms with Crippen LogP contribution >= 0.6 is 0 Å². The van der Waals surface area contributed by atoms with Crippen LogP contribution in [0.2, 0.25) is 0 Å². The number of piperidine rings is 1. The van der Waals surface area contributed by atoms with Gasteiger partial charge in [-0.25, -0.2) is 0 Å². The van der Waals surface area contributed by atoms with Gasteiger partial charge in [-0.1, -0.05) is 18.2 Å². The second kappa shape index (κ2) is 7.72. The van der Waals surface area contributed by atoms with Crippen LogP contribution in [0.15, 0.2) is 35.1 Å². The number of pyridine rings is 1. The first-order valence-electron chi connectivity index (χ1n) is 9.05. The number of carbonyl (C=O) groups excluding carboxylic acids is 2. The molecule has 2 aromatic rings. The molecule has 1 unspecified atom stereocenters. The van der Waals surface area contributed by atoms with Gasteiger partial charge < -0.3 is 14.2 Å². The van der Waals surface area contributed by atoms with E-state index in [1.165, 1.54) is 4.57 Å². The summed E-state index contributed by atoms with van der Waals surface area (Å²) in [4.78, 5) is 39.1. The maximum Gasteiger partial charge on any atom is 0.310 e. The number of ether oxygens (including phenoxy) is 1. The van der Waals surface area contributed by atoms with Crippen LogP contribution in [0.1, 0.15) is 25.5 Å². The van der Waals surface area contributed by atoms with Gasteiger partial charge >= 0.3 is 5.97 Å². The number of hydrogen-bond acceptors (Lipinski definition) is 4. The van der Waals surface area contributed by atoms with Crippen molar-refractivity contribution in [1.29, 1.82) is 0 Å². The van der Waals surface area contributed by atoms with Gasteiger partial charge in [-0.15, -0.1) is 0 Å². The molecule has 0 spiro atoms. The molecule has 6 heteroatoms. The number of esters is 1. The Hall–Kier alpha value is -2.63. The Morgan fingerprint density at radius 1 is 1.27 bits per heavy atom. The molecule has 1 aliphatic rings. The molecule has 0 radical (unpaired) electrons. The number of rotatable bonds is 4. The fourth-order valence-electron chi connectivity index (χ4n) is 3.51. The van der Waals surface area contributed by atoms with Crippen molar-refractivity contribution in [1.82, 2.24) is 9.47 Å². The van der Waals surface area contributed by atoms with Gasteiger partial charge in [0.25, 0.3) is 5.56 Å². The summed E-state index contributed by atoms with van der Waals surface area (Å²) in [6, 6.07) is 9.29. The van der Waals surface area contributed by atoms with E-state index in [4.69, 9.17) is 4.74 Å². The molecule has 1 fully saturated rings. The summed E-state index contributed by atoms with van der Waals surface area (Å²) in [5.41, 5.74) is 0.592. The minimum Gasteiger partial charge on any atom is -0.466 e. The molecule has 3 rings (SSSR count). The number of aryl methyl sites for hydroxylation is 1. The Morgan fingerprint density at radius 2 is 2.04 bits per heavy atom. The van der Waals surface area contributed by atoms with E-state index in [1.807, 2.05) is 31.2 Å². The van der Waals surface area contributed by atoms with Crippen molar-refractivity contribution in [2.45, 2.75) is 33.2 Å². The maximum atomic E-state index is 12.7. The van der Waals surface area contributed by atoms with Gasteiger partial charge in [0.15, 0.2) is 0 Å². The topological polar surface area (TPSA) is 68.6 Å². The van der Waals surface area contributed by atoms with Crippen LogP contribution in [0, 0.1) is 12.8 Å². The number of amides is 1. The summed E-state index contributed by atoms with van der Waals surface area (Å²) in [6.07, 6.45) is 1.50. The van der Waals surface area contributed by atoms with E-state index >= 15 is 0 Å². The van der Waals surface area contributed by atoms with Gasteiger partial charge in [-0.3, -0.25) is 14.4 Å². The van der Waals surface area contributed by atoms with Crippen LogP contribution < -0.4 is 5.56 Å². The van der Waals surface area contributed by atoms with E-state index in [1.54, 1.807) is 17.9 Å². The standard InChI is InChI=1S/C20H24N2O4/c1-3-26-20(25)16-8-6-10-21(12-16)18(23)13-22-14(2)11-15-7-4-5-9-17(15)19(22)24/h4-5,7,9,11,16H,3,6,8,10,12-13H2,1-2H3. The highest BCUT2D eigenvalue weighted by Gasteiger charge is 2.29. The van der Waals surface area contributed by atoms with Crippen LogP contribution in [0.25, 0.3) is 10.8 Å². The van der Waals surface area contributed by atoms with Crippen molar-refractivity contribution < 1.29 is 14.3 Å². The summed E-state index contributed by atoms with van der Waals surface area (Å²) in [7, 11) is 0. The molecule has 0 bridgehead atoms. The van der Waals surface area contributed by atoms with Gasteiger partial charge in [0, 0.05) is 24.2 Å². The van der Waals surface area contributed by atoms with Crippen molar-refractivity contribution in [3.05, 3.63) is 46.4 Å². The predicted molar refractivity (Wildman–Crippen MR) is 98.9 cm³/mol. The van der Waals surface area contributed by atoms with Crippen molar-refractivity contribution in [3.63, 3.8) is 0 Å². The van der Waals surface area contributed by atoms with Gasteiger partial charge in [0.05, 0.1) is 12.5 Å². The lowest BCUT2D eigenvalue weighted by Gasteiger charge is -2.31. The van der Waals surface area contributed by atoms with Crippen molar-refractivity contribution in [3.8, 4) is 0 Å². The Kier molecular flexibility index (Phi) is 5.40. The maximum absolute atomic E-state index is 12.7. The summed E-state index contributed by atoms with van der Waals surface area (Å²) in [5, 5.41) is 1.48. The highest BCUT2D eigenvalue weighted by molar-refractivity contribution is 5.83. The van der Waals surface area contributed by atoms with Gasteiger partial charge in [0.2, 0.25) is 5.91 Å². The summed E-state index contributed by atoms with van der Waals surface area (Å²) < 4.78 is 6.59.